The number of carbonyl (C=O) groups is 4. The highest BCUT2D eigenvalue weighted by molar-refractivity contribution is 6.04. The van der Waals surface area contributed by atoms with Gasteiger partial charge in [-0.05, 0) is 74.2 Å². The molecule has 2 aromatic carbocycles. The summed E-state index contributed by atoms with van der Waals surface area (Å²) in [6.07, 6.45) is 4.88. The minimum Gasteiger partial charge on any atom is -0.489 e. The summed E-state index contributed by atoms with van der Waals surface area (Å²) in [7, 11) is 3.35. The van der Waals surface area contributed by atoms with Crippen molar-refractivity contribution in [1.82, 2.24) is 20.6 Å². The molecule has 4 aliphatic heterocycles. The monoisotopic (exact) mass is 762 g/mol. The molecule has 0 spiro atoms. The van der Waals surface area contributed by atoms with Crippen LogP contribution in [0, 0.1) is 0 Å². The Morgan fingerprint density at radius 1 is 0.750 bits per heavy atom. The average molecular weight is 763 g/mol. The number of nitrogens with one attached hydrogen (secondary N) is 2. The van der Waals surface area contributed by atoms with Gasteiger partial charge in [0, 0.05) is 37.6 Å². The van der Waals surface area contributed by atoms with Crippen LogP contribution < -0.4 is 29.9 Å². The average Bonchev–Trinajstić information content (AvgIpc) is 3.68. The molecule has 292 valence electrons. The van der Waals surface area contributed by atoms with E-state index in [0.717, 1.165) is 35.1 Å². The standard InChI is InChI=1S/2C21H23N3O4/c1-4-21(2)14-9-15(22-10-13(14)11-28-21)19(25)23-16-12-27-18-8-6-5-7-17(18)24(3)20(16)26;1-4-21(2)14-9-10-22-18(13(14)11-28-21)19(25)23-15-12-27-17-8-6-5-7-16(17)24(3)20(15)26/h5-10,16H,4,11-12H2,1-3H3,(H,23,25);5-10,15H,4,11-12H2,1-3H3,(H,23,25)/t16-,21?;15-,21?/m00/s1. The molecule has 0 fully saturated rings. The summed E-state index contributed by atoms with van der Waals surface area (Å²) in [5.41, 5.74) is 4.80. The second-order valence-corrected chi connectivity index (χ2v) is 14.6. The SMILES string of the molecule is CCC1(C)OCc2c1ccnc2C(=O)N[C@H]1COc2ccccc2N(C)C1=O.CCC1(C)OCc2cnc(C(=O)N[C@H]3COc4ccccc4N(C)C3=O)cc21. The van der Waals surface area contributed by atoms with Crippen molar-refractivity contribution in [2.24, 2.45) is 0 Å². The summed E-state index contributed by atoms with van der Waals surface area (Å²) in [6.45, 7) is 9.05. The first kappa shape index (κ1) is 38.4. The van der Waals surface area contributed by atoms with Crippen LogP contribution >= 0.6 is 0 Å². The maximum absolute atomic E-state index is 13.0. The topological polar surface area (TPSA) is 162 Å². The van der Waals surface area contributed by atoms with Crippen LogP contribution in [0.2, 0.25) is 0 Å². The molecule has 56 heavy (non-hydrogen) atoms. The minimum atomic E-state index is -0.803. The smallest absolute Gasteiger partial charge is 0.271 e. The molecule has 0 aliphatic carbocycles. The highest BCUT2D eigenvalue weighted by atomic mass is 16.5. The van der Waals surface area contributed by atoms with Crippen molar-refractivity contribution in [3.05, 3.63) is 107 Å². The molecule has 2 unspecified atom stereocenters. The first-order chi connectivity index (χ1) is 26.9. The number of benzene rings is 2. The van der Waals surface area contributed by atoms with Crippen LogP contribution in [0.4, 0.5) is 11.4 Å². The molecule has 8 rings (SSSR count). The van der Waals surface area contributed by atoms with Gasteiger partial charge < -0.3 is 39.4 Å². The number of para-hydroxylation sites is 4. The Bertz CT molecular complexity index is 2190. The molecule has 4 aliphatic rings. The normalized spacial score (nSPS) is 23.5. The zero-order valence-corrected chi connectivity index (χ0v) is 32.4. The second-order valence-electron chi connectivity index (χ2n) is 14.6. The quantitative estimate of drug-likeness (QED) is 0.280. The molecule has 4 atom stereocenters. The van der Waals surface area contributed by atoms with Crippen LogP contribution in [0.3, 0.4) is 0 Å². The fourth-order valence-electron chi connectivity index (χ4n) is 7.33. The zero-order valence-electron chi connectivity index (χ0n) is 32.4. The number of aromatic nitrogens is 2. The molecule has 0 saturated heterocycles. The molecule has 2 aromatic heterocycles. The van der Waals surface area contributed by atoms with Crippen molar-refractivity contribution in [3.8, 4) is 11.5 Å². The van der Waals surface area contributed by atoms with Crippen LogP contribution in [-0.2, 0) is 43.5 Å². The van der Waals surface area contributed by atoms with Crippen molar-refractivity contribution in [2.75, 3.05) is 37.1 Å². The minimum absolute atomic E-state index is 0.0596. The number of amides is 4. The molecular weight excluding hydrogens is 716 g/mol. The predicted molar refractivity (Wildman–Crippen MR) is 207 cm³/mol. The van der Waals surface area contributed by atoms with Gasteiger partial charge in [0.25, 0.3) is 23.6 Å². The van der Waals surface area contributed by atoms with Gasteiger partial charge in [0.15, 0.2) is 0 Å². The summed E-state index contributed by atoms with van der Waals surface area (Å²) in [5, 5.41) is 5.56. The summed E-state index contributed by atoms with van der Waals surface area (Å²) >= 11 is 0. The largest absolute Gasteiger partial charge is 0.489 e. The van der Waals surface area contributed by atoms with E-state index in [1.165, 1.54) is 9.80 Å². The van der Waals surface area contributed by atoms with Crippen molar-refractivity contribution in [2.45, 2.75) is 77.0 Å². The van der Waals surface area contributed by atoms with Crippen LogP contribution in [-0.4, -0.2) is 73.0 Å². The van der Waals surface area contributed by atoms with Gasteiger partial charge in [0.1, 0.15) is 48.2 Å². The molecule has 2 N–H and O–H groups in total. The Kier molecular flexibility index (Phi) is 10.5. The summed E-state index contributed by atoms with van der Waals surface area (Å²) < 4.78 is 23.3. The third-order valence-electron chi connectivity index (χ3n) is 11.2. The second kappa shape index (κ2) is 15.3. The van der Waals surface area contributed by atoms with Crippen molar-refractivity contribution in [1.29, 1.82) is 0 Å². The number of rotatable bonds is 6. The van der Waals surface area contributed by atoms with E-state index in [-0.39, 0.29) is 30.7 Å². The van der Waals surface area contributed by atoms with Crippen LogP contribution in [0.1, 0.15) is 83.8 Å². The van der Waals surface area contributed by atoms with Crippen LogP contribution in [0.5, 0.6) is 11.5 Å². The number of pyridine rings is 2. The summed E-state index contributed by atoms with van der Waals surface area (Å²) in [4.78, 5) is 63.0. The van der Waals surface area contributed by atoms with Gasteiger partial charge in [-0.1, -0.05) is 38.1 Å². The molecule has 4 amide bonds. The van der Waals surface area contributed by atoms with E-state index in [9.17, 15) is 19.2 Å². The van der Waals surface area contributed by atoms with E-state index in [0.29, 0.717) is 41.8 Å². The van der Waals surface area contributed by atoms with Gasteiger partial charge in [-0.3, -0.25) is 29.1 Å². The molecular formula is C42H46N6O8. The van der Waals surface area contributed by atoms with Crippen molar-refractivity contribution >= 4 is 35.0 Å². The van der Waals surface area contributed by atoms with E-state index in [1.807, 2.05) is 70.2 Å². The van der Waals surface area contributed by atoms with Gasteiger partial charge in [-0.25, -0.2) is 0 Å². The lowest BCUT2D eigenvalue weighted by Gasteiger charge is -2.23. The lowest BCUT2D eigenvalue weighted by molar-refractivity contribution is -0.121. The highest BCUT2D eigenvalue weighted by Crippen LogP contribution is 2.40. The van der Waals surface area contributed by atoms with Gasteiger partial charge in [-0.2, -0.15) is 0 Å². The van der Waals surface area contributed by atoms with E-state index in [2.05, 4.69) is 20.6 Å². The molecule has 6 heterocycles. The number of hydrogen-bond donors (Lipinski definition) is 2. The van der Waals surface area contributed by atoms with Gasteiger partial charge in [0.05, 0.1) is 35.8 Å². The number of anilines is 2. The molecule has 4 aromatic rings. The first-order valence-electron chi connectivity index (χ1n) is 18.7. The van der Waals surface area contributed by atoms with E-state index < -0.39 is 35.1 Å². The maximum atomic E-state index is 13.0. The van der Waals surface area contributed by atoms with Crippen LogP contribution in [0.25, 0.3) is 0 Å². The number of carbonyl (C=O) groups excluding carboxylic acids is 4. The Morgan fingerprint density at radius 2 is 1.29 bits per heavy atom. The summed E-state index contributed by atoms with van der Waals surface area (Å²) in [5.74, 6) is -0.0548. The van der Waals surface area contributed by atoms with E-state index >= 15 is 0 Å². The zero-order chi connectivity index (χ0) is 39.8. The fourth-order valence-corrected chi connectivity index (χ4v) is 7.33. The van der Waals surface area contributed by atoms with E-state index in [4.69, 9.17) is 18.9 Å². The lowest BCUT2D eigenvalue weighted by Crippen LogP contribution is -2.49. The van der Waals surface area contributed by atoms with Gasteiger partial charge >= 0.3 is 0 Å². The Balaban J connectivity index is 0.000000172. The molecule has 0 bridgehead atoms. The predicted octanol–water partition coefficient (Wildman–Crippen LogP) is 4.78. The number of likely N-dealkylation sites (N-methyl/N-ethyl adjacent to an activating group) is 2. The fraction of sp³-hybridized carbons (Fsp3) is 0.381. The van der Waals surface area contributed by atoms with E-state index in [1.54, 1.807) is 44.7 Å². The molecule has 0 saturated carbocycles. The van der Waals surface area contributed by atoms with Crippen molar-refractivity contribution in [3.63, 3.8) is 0 Å². The Labute approximate surface area is 325 Å². The third kappa shape index (κ3) is 7.05. The number of fused-ring (bicyclic) bond motifs is 4. The molecule has 0 radical (unpaired) electrons. The molecule has 14 heteroatoms. The number of nitrogens with zero attached hydrogens (tertiary/aromatic N) is 4. The lowest BCUT2D eigenvalue weighted by atomic mass is 9.92. The van der Waals surface area contributed by atoms with Gasteiger partial charge in [-0.15, -0.1) is 0 Å². The Morgan fingerprint density at radius 3 is 1.88 bits per heavy atom. The maximum Gasteiger partial charge on any atom is 0.271 e. The Hall–Kier alpha value is -5.86. The van der Waals surface area contributed by atoms with Gasteiger partial charge in [0.2, 0.25) is 0 Å². The van der Waals surface area contributed by atoms with Crippen LogP contribution in [0.15, 0.2) is 73.1 Å². The summed E-state index contributed by atoms with van der Waals surface area (Å²) in [6, 6.07) is 16.7. The molecule has 14 nitrogen and oxygen atoms in total. The number of ether oxygens (including phenoxy) is 4. The first-order valence-corrected chi connectivity index (χ1v) is 18.7. The van der Waals surface area contributed by atoms with Crippen molar-refractivity contribution < 1.29 is 38.1 Å². The highest BCUT2D eigenvalue weighted by Gasteiger charge is 2.39. The number of hydrogen-bond acceptors (Lipinski definition) is 10. The third-order valence-corrected chi connectivity index (χ3v) is 11.2.